The molecule has 0 bridgehead atoms. The van der Waals surface area contributed by atoms with Crippen LogP contribution in [0.4, 0.5) is 14.5 Å². The summed E-state index contributed by atoms with van der Waals surface area (Å²) in [5.41, 5.74) is 1.62. The van der Waals surface area contributed by atoms with Gasteiger partial charge >= 0.3 is 0 Å². The second kappa shape index (κ2) is 10.7. The van der Waals surface area contributed by atoms with Gasteiger partial charge in [-0.15, -0.1) is 0 Å². The van der Waals surface area contributed by atoms with E-state index in [4.69, 9.17) is 0 Å². The molecule has 196 valence electrons. The summed E-state index contributed by atoms with van der Waals surface area (Å²) in [6.45, 7) is 1.45. The summed E-state index contributed by atoms with van der Waals surface area (Å²) in [7, 11) is -3.48. The molecule has 1 aliphatic heterocycles. The summed E-state index contributed by atoms with van der Waals surface area (Å²) in [6, 6.07) is 12.0. The smallest absolute Gasteiger partial charge is 0.276 e. The van der Waals surface area contributed by atoms with Crippen LogP contribution in [-0.4, -0.2) is 48.7 Å². The van der Waals surface area contributed by atoms with E-state index in [-0.39, 0.29) is 11.4 Å². The monoisotopic (exact) mass is 528 g/mol. The summed E-state index contributed by atoms with van der Waals surface area (Å²) in [5, 5.41) is 4.26. The maximum atomic E-state index is 13.9. The van der Waals surface area contributed by atoms with Gasteiger partial charge in [0.1, 0.15) is 11.6 Å². The first-order valence-corrected chi connectivity index (χ1v) is 14.3. The Kier molecular flexibility index (Phi) is 7.39. The zero-order chi connectivity index (χ0) is 26.0. The third-order valence-corrected chi connectivity index (χ3v) is 9.13. The maximum Gasteiger partial charge on any atom is 0.276 e. The molecular weight excluding hydrogens is 498 g/mol. The zero-order valence-corrected chi connectivity index (χ0v) is 21.3. The molecule has 2 heterocycles. The second-order valence-electron chi connectivity index (χ2n) is 9.84. The van der Waals surface area contributed by atoms with Gasteiger partial charge in [-0.3, -0.25) is 4.79 Å². The van der Waals surface area contributed by atoms with Crippen LogP contribution in [0.5, 0.6) is 0 Å². The van der Waals surface area contributed by atoms with Gasteiger partial charge in [0, 0.05) is 37.8 Å². The quantitative estimate of drug-likeness (QED) is 0.465. The highest BCUT2D eigenvalue weighted by atomic mass is 32.2. The standard InChI is InChI=1S/C27H30F2N4O3S/c28-22-15-23(29)17-24(16-22)33-27(34)25(14-20-6-4-5-7-20)26(18-30-33)31-10-12-32(13-11-31)37(35,36)19-21-8-2-1-3-9-21/h1-3,8-9,15-18,20H,4-7,10-14,19H2. The van der Waals surface area contributed by atoms with E-state index in [0.717, 1.165) is 54.1 Å². The number of sulfonamides is 1. The minimum absolute atomic E-state index is 0.0403. The van der Waals surface area contributed by atoms with Crippen molar-refractivity contribution in [3.05, 3.63) is 87.8 Å². The highest BCUT2D eigenvalue weighted by molar-refractivity contribution is 7.88. The third-order valence-electron chi connectivity index (χ3n) is 7.28. The number of hydrogen-bond acceptors (Lipinski definition) is 5. The van der Waals surface area contributed by atoms with E-state index >= 15 is 0 Å². The van der Waals surface area contributed by atoms with Crippen molar-refractivity contribution in [2.45, 2.75) is 37.9 Å². The average Bonchev–Trinajstić information content (AvgIpc) is 3.38. The van der Waals surface area contributed by atoms with E-state index in [0.29, 0.717) is 49.8 Å². The number of benzene rings is 2. The number of piperazine rings is 1. The summed E-state index contributed by atoms with van der Waals surface area (Å²) in [4.78, 5) is 15.6. The molecule has 5 rings (SSSR count). The summed E-state index contributed by atoms with van der Waals surface area (Å²) in [6.07, 6.45) is 6.42. The Morgan fingerprint density at radius 2 is 1.57 bits per heavy atom. The zero-order valence-electron chi connectivity index (χ0n) is 20.5. The number of anilines is 1. The van der Waals surface area contributed by atoms with Crippen molar-refractivity contribution in [2.75, 3.05) is 31.1 Å². The van der Waals surface area contributed by atoms with Crippen molar-refractivity contribution < 1.29 is 17.2 Å². The Bertz CT molecular complexity index is 1400. The fourth-order valence-electron chi connectivity index (χ4n) is 5.38. The molecule has 1 aromatic heterocycles. The SMILES string of the molecule is O=c1c(CC2CCCC2)c(N2CCN(S(=O)(=O)Cc3ccccc3)CC2)cnn1-c1cc(F)cc(F)c1. The van der Waals surface area contributed by atoms with Crippen molar-refractivity contribution in [3.63, 3.8) is 0 Å². The fourth-order valence-corrected chi connectivity index (χ4v) is 6.89. The molecule has 37 heavy (non-hydrogen) atoms. The lowest BCUT2D eigenvalue weighted by atomic mass is 9.97. The highest BCUT2D eigenvalue weighted by Crippen LogP contribution is 2.31. The molecule has 1 saturated heterocycles. The van der Waals surface area contributed by atoms with Crippen LogP contribution in [0.15, 0.2) is 59.5 Å². The Morgan fingerprint density at radius 1 is 0.919 bits per heavy atom. The lowest BCUT2D eigenvalue weighted by Crippen LogP contribution is -2.49. The minimum atomic E-state index is -3.48. The van der Waals surface area contributed by atoms with E-state index in [9.17, 15) is 22.0 Å². The predicted molar refractivity (Wildman–Crippen MR) is 138 cm³/mol. The van der Waals surface area contributed by atoms with Crippen molar-refractivity contribution in [2.24, 2.45) is 5.92 Å². The average molecular weight is 529 g/mol. The number of aromatic nitrogens is 2. The molecule has 0 spiro atoms. The van der Waals surface area contributed by atoms with Gasteiger partial charge < -0.3 is 4.90 Å². The first kappa shape index (κ1) is 25.5. The van der Waals surface area contributed by atoms with Gasteiger partial charge in [0.25, 0.3) is 5.56 Å². The van der Waals surface area contributed by atoms with E-state index in [1.807, 2.05) is 23.1 Å². The molecule has 3 aromatic rings. The van der Waals surface area contributed by atoms with Crippen LogP contribution in [-0.2, 0) is 22.2 Å². The Balaban J connectivity index is 1.40. The van der Waals surface area contributed by atoms with Crippen molar-refractivity contribution in [1.29, 1.82) is 0 Å². The molecule has 10 heteroatoms. The molecule has 1 aliphatic carbocycles. The van der Waals surface area contributed by atoms with Crippen LogP contribution >= 0.6 is 0 Å². The van der Waals surface area contributed by atoms with E-state index in [2.05, 4.69) is 5.10 Å². The summed E-state index contributed by atoms with van der Waals surface area (Å²) >= 11 is 0. The van der Waals surface area contributed by atoms with E-state index < -0.39 is 27.2 Å². The summed E-state index contributed by atoms with van der Waals surface area (Å²) < 4.78 is 56.3. The Morgan fingerprint density at radius 3 is 2.22 bits per heavy atom. The van der Waals surface area contributed by atoms with E-state index in [1.54, 1.807) is 18.3 Å². The van der Waals surface area contributed by atoms with Gasteiger partial charge in [0.15, 0.2) is 0 Å². The van der Waals surface area contributed by atoms with E-state index in [1.165, 1.54) is 4.31 Å². The van der Waals surface area contributed by atoms with Crippen molar-refractivity contribution >= 4 is 15.7 Å². The van der Waals surface area contributed by atoms with Gasteiger partial charge in [0.2, 0.25) is 10.0 Å². The number of hydrogen-bond donors (Lipinski definition) is 0. The van der Waals surface area contributed by atoms with Gasteiger partial charge in [-0.2, -0.15) is 14.1 Å². The molecule has 0 amide bonds. The molecule has 0 N–H and O–H groups in total. The molecule has 0 radical (unpaired) electrons. The molecule has 0 unspecified atom stereocenters. The van der Waals surface area contributed by atoms with Crippen LogP contribution in [0.2, 0.25) is 0 Å². The lowest BCUT2D eigenvalue weighted by molar-refractivity contribution is 0.383. The second-order valence-corrected chi connectivity index (χ2v) is 11.8. The molecule has 0 atom stereocenters. The maximum absolute atomic E-state index is 13.9. The fraction of sp³-hybridized carbons (Fsp3) is 0.407. The highest BCUT2D eigenvalue weighted by Gasteiger charge is 2.30. The predicted octanol–water partition coefficient (Wildman–Crippen LogP) is 3.90. The van der Waals surface area contributed by atoms with Crippen molar-refractivity contribution in [1.82, 2.24) is 14.1 Å². The van der Waals surface area contributed by atoms with Crippen LogP contribution in [0.25, 0.3) is 5.69 Å². The van der Waals surface area contributed by atoms with Gasteiger partial charge in [-0.25, -0.2) is 17.2 Å². The Labute approximate surface area is 215 Å². The van der Waals surface area contributed by atoms with Crippen molar-refractivity contribution in [3.8, 4) is 5.69 Å². The third kappa shape index (κ3) is 5.75. The molecule has 2 aromatic carbocycles. The largest absolute Gasteiger partial charge is 0.367 e. The lowest BCUT2D eigenvalue weighted by Gasteiger charge is -2.36. The van der Waals surface area contributed by atoms with Crippen LogP contribution in [0, 0.1) is 17.6 Å². The topological polar surface area (TPSA) is 75.5 Å². The molecule has 1 saturated carbocycles. The molecule has 2 aliphatic rings. The first-order chi connectivity index (χ1) is 17.8. The number of halogens is 2. The first-order valence-electron chi connectivity index (χ1n) is 12.6. The van der Waals surface area contributed by atoms with Crippen LogP contribution in [0.1, 0.15) is 36.8 Å². The van der Waals surface area contributed by atoms with Gasteiger partial charge in [0.05, 0.1) is 23.3 Å². The Hall–Kier alpha value is -3.11. The summed E-state index contributed by atoms with van der Waals surface area (Å²) in [5.74, 6) is -1.25. The van der Waals surface area contributed by atoms with Gasteiger partial charge in [-0.1, -0.05) is 56.0 Å². The van der Waals surface area contributed by atoms with Gasteiger partial charge in [-0.05, 0) is 30.0 Å². The van der Waals surface area contributed by atoms with Crippen LogP contribution in [0.3, 0.4) is 0 Å². The normalized spacial score (nSPS) is 17.4. The van der Waals surface area contributed by atoms with Crippen LogP contribution < -0.4 is 10.5 Å². The number of rotatable bonds is 7. The molecule has 7 nitrogen and oxygen atoms in total. The molecular formula is C27H30F2N4O3S. The number of nitrogens with zero attached hydrogens (tertiary/aromatic N) is 4. The molecule has 2 fully saturated rings. The minimum Gasteiger partial charge on any atom is -0.367 e.